The van der Waals surface area contributed by atoms with Crippen LogP contribution in [0.2, 0.25) is 0 Å². The number of benzene rings is 3. The number of aromatic nitrogens is 1. The van der Waals surface area contributed by atoms with Gasteiger partial charge in [-0.1, -0.05) is 17.7 Å². The van der Waals surface area contributed by atoms with Crippen LogP contribution in [0.1, 0.15) is 15.9 Å². The quantitative estimate of drug-likeness (QED) is 0.312. The highest BCUT2D eigenvalue weighted by Gasteiger charge is 2.17. The van der Waals surface area contributed by atoms with Crippen molar-refractivity contribution in [2.75, 3.05) is 14.8 Å². The summed E-state index contributed by atoms with van der Waals surface area (Å²) in [6.45, 7) is 1.87. The fraction of sp³-hybridized carbons (Fsp3) is 0.0435. The zero-order chi connectivity index (χ0) is 25.1. The van der Waals surface area contributed by atoms with Crippen molar-refractivity contribution in [3.63, 3.8) is 0 Å². The van der Waals surface area contributed by atoms with Crippen molar-refractivity contribution in [3.8, 4) is 0 Å². The third-order valence-electron chi connectivity index (χ3n) is 4.81. The van der Waals surface area contributed by atoms with Gasteiger partial charge in [-0.25, -0.2) is 21.8 Å². The van der Waals surface area contributed by atoms with Gasteiger partial charge in [-0.15, -0.1) is 11.3 Å². The molecule has 4 aromatic rings. The van der Waals surface area contributed by atoms with E-state index in [9.17, 15) is 21.6 Å². The van der Waals surface area contributed by atoms with Gasteiger partial charge in [-0.2, -0.15) is 0 Å². The molecule has 180 valence electrons. The number of amides is 1. The highest BCUT2D eigenvalue weighted by atomic mass is 32.2. The fourth-order valence-electron chi connectivity index (χ4n) is 2.99. The number of sulfonamides is 2. The van der Waals surface area contributed by atoms with Crippen LogP contribution in [0.4, 0.5) is 16.5 Å². The SMILES string of the molecule is Cc1ccc(S(=O)(=O)Nc2ccc(C(=O)Nc3ccc(S(=O)(=O)Nc4nccs4)cc3)cc2)cc1. The van der Waals surface area contributed by atoms with Crippen LogP contribution < -0.4 is 14.8 Å². The maximum absolute atomic E-state index is 12.6. The number of nitrogens with zero attached hydrogens (tertiary/aromatic N) is 1. The van der Waals surface area contributed by atoms with Crippen molar-refractivity contribution in [1.82, 2.24) is 4.98 Å². The number of thiazole rings is 1. The maximum Gasteiger partial charge on any atom is 0.263 e. The van der Waals surface area contributed by atoms with Crippen LogP contribution >= 0.6 is 11.3 Å². The van der Waals surface area contributed by atoms with E-state index in [-0.39, 0.29) is 14.9 Å². The Balaban J connectivity index is 1.40. The lowest BCUT2D eigenvalue weighted by Gasteiger charge is -2.10. The molecule has 3 aromatic carbocycles. The Bertz CT molecular complexity index is 1530. The summed E-state index contributed by atoms with van der Waals surface area (Å²) in [5.41, 5.74) is 1.95. The summed E-state index contributed by atoms with van der Waals surface area (Å²) in [4.78, 5) is 16.6. The Morgan fingerprint density at radius 2 is 1.29 bits per heavy atom. The third kappa shape index (κ3) is 6.04. The predicted octanol–water partition coefficient (Wildman–Crippen LogP) is 4.31. The van der Waals surface area contributed by atoms with Crippen LogP contribution in [-0.2, 0) is 20.0 Å². The van der Waals surface area contributed by atoms with Crippen LogP contribution in [0.25, 0.3) is 0 Å². The molecule has 1 aromatic heterocycles. The summed E-state index contributed by atoms with van der Waals surface area (Å²) in [5.74, 6) is -0.436. The van der Waals surface area contributed by atoms with Crippen molar-refractivity contribution in [1.29, 1.82) is 0 Å². The number of carbonyl (C=O) groups excluding carboxylic acids is 1. The molecule has 0 atom stereocenters. The van der Waals surface area contributed by atoms with E-state index in [1.165, 1.54) is 66.9 Å². The molecule has 1 heterocycles. The second kappa shape index (κ2) is 9.86. The first-order chi connectivity index (χ1) is 16.6. The molecule has 12 heteroatoms. The third-order valence-corrected chi connectivity index (χ3v) is 8.38. The Morgan fingerprint density at radius 3 is 1.86 bits per heavy atom. The average Bonchev–Trinajstić information content (AvgIpc) is 3.32. The van der Waals surface area contributed by atoms with Gasteiger partial charge in [-0.3, -0.25) is 14.2 Å². The number of rotatable bonds is 8. The Morgan fingerprint density at radius 1 is 0.743 bits per heavy atom. The number of anilines is 3. The van der Waals surface area contributed by atoms with Crippen LogP contribution in [0.15, 0.2) is 94.2 Å². The molecule has 3 N–H and O–H groups in total. The Labute approximate surface area is 207 Å². The molecule has 0 saturated heterocycles. The van der Waals surface area contributed by atoms with Gasteiger partial charge < -0.3 is 5.32 Å². The molecule has 0 aliphatic carbocycles. The number of carbonyl (C=O) groups is 1. The van der Waals surface area contributed by atoms with Crippen molar-refractivity contribution in [2.45, 2.75) is 16.7 Å². The lowest BCUT2D eigenvalue weighted by molar-refractivity contribution is 0.102. The van der Waals surface area contributed by atoms with Crippen LogP contribution in [-0.4, -0.2) is 27.7 Å². The average molecular weight is 529 g/mol. The van der Waals surface area contributed by atoms with E-state index in [1.54, 1.807) is 17.5 Å². The maximum atomic E-state index is 12.6. The fourth-order valence-corrected chi connectivity index (χ4v) is 5.84. The van der Waals surface area contributed by atoms with E-state index < -0.39 is 26.0 Å². The van der Waals surface area contributed by atoms with Gasteiger partial charge in [0.05, 0.1) is 9.79 Å². The number of hydrogen-bond acceptors (Lipinski definition) is 7. The smallest absolute Gasteiger partial charge is 0.263 e. The first-order valence-electron chi connectivity index (χ1n) is 10.2. The molecule has 0 radical (unpaired) electrons. The number of aryl methyl sites for hydroxylation is 1. The number of nitrogens with one attached hydrogen (secondary N) is 3. The van der Waals surface area contributed by atoms with Gasteiger partial charge in [0.15, 0.2) is 5.13 Å². The van der Waals surface area contributed by atoms with Gasteiger partial charge in [0.1, 0.15) is 0 Å². The lowest BCUT2D eigenvalue weighted by atomic mass is 10.2. The topological polar surface area (TPSA) is 134 Å². The van der Waals surface area contributed by atoms with Gasteiger partial charge in [-0.05, 0) is 67.6 Å². The summed E-state index contributed by atoms with van der Waals surface area (Å²) >= 11 is 1.16. The molecule has 0 saturated carbocycles. The van der Waals surface area contributed by atoms with E-state index >= 15 is 0 Å². The molecule has 1 amide bonds. The molecular formula is C23H20N4O5S3. The molecule has 0 unspecified atom stereocenters. The minimum absolute atomic E-state index is 0.0240. The lowest BCUT2D eigenvalue weighted by Crippen LogP contribution is -2.15. The van der Waals surface area contributed by atoms with E-state index in [4.69, 9.17) is 0 Å². The van der Waals surface area contributed by atoms with Crippen molar-refractivity contribution >= 4 is 53.8 Å². The van der Waals surface area contributed by atoms with Gasteiger partial charge in [0, 0.05) is 28.5 Å². The van der Waals surface area contributed by atoms with Gasteiger partial charge >= 0.3 is 0 Å². The summed E-state index contributed by atoms with van der Waals surface area (Å²) in [6.07, 6.45) is 1.49. The van der Waals surface area contributed by atoms with Crippen molar-refractivity contribution in [2.24, 2.45) is 0 Å². The second-order valence-corrected chi connectivity index (χ2v) is 11.7. The van der Waals surface area contributed by atoms with Crippen molar-refractivity contribution < 1.29 is 21.6 Å². The molecule has 35 heavy (non-hydrogen) atoms. The molecule has 0 spiro atoms. The van der Waals surface area contributed by atoms with E-state index in [1.807, 2.05) is 6.92 Å². The normalized spacial score (nSPS) is 11.6. The monoisotopic (exact) mass is 528 g/mol. The summed E-state index contributed by atoms with van der Waals surface area (Å²) in [5, 5.41) is 4.59. The molecular weight excluding hydrogens is 508 g/mol. The minimum Gasteiger partial charge on any atom is -0.322 e. The van der Waals surface area contributed by atoms with E-state index in [0.717, 1.165) is 16.9 Å². The van der Waals surface area contributed by atoms with Crippen LogP contribution in [0.3, 0.4) is 0 Å². The molecule has 9 nitrogen and oxygen atoms in total. The second-order valence-electron chi connectivity index (χ2n) is 7.42. The Kier molecular flexibility index (Phi) is 6.87. The Hall–Kier alpha value is -3.74. The first-order valence-corrected chi connectivity index (χ1v) is 14.0. The highest BCUT2D eigenvalue weighted by Crippen LogP contribution is 2.21. The van der Waals surface area contributed by atoms with Crippen LogP contribution in [0, 0.1) is 6.92 Å². The van der Waals surface area contributed by atoms with E-state index in [2.05, 4.69) is 19.7 Å². The zero-order valence-electron chi connectivity index (χ0n) is 18.3. The molecule has 4 rings (SSSR count). The molecule has 0 fully saturated rings. The molecule has 0 bridgehead atoms. The predicted molar refractivity (Wildman–Crippen MR) is 136 cm³/mol. The van der Waals surface area contributed by atoms with Crippen molar-refractivity contribution in [3.05, 3.63) is 95.5 Å². The molecule has 0 aliphatic rings. The first kappa shape index (κ1) is 24.4. The minimum atomic E-state index is -3.79. The van der Waals surface area contributed by atoms with Gasteiger partial charge in [0.25, 0.3) is 26.0 Å². The van der Waals surface area contributed by atoms with E-state index in [0.29, 0.717) is 16.9 Å². The number of hydrogen-bond donors (Lipinski definition) is 3. The zero-order valence-corrected chi connectivity index (χ0v) is 20.7. The molecule has 0 aliphatic heterocycles. The van der Waals surface area contributed by atoms with Crippen LogP contribution in [0.5, 0.6) is 0 Å². The van der Waals surface area contributed by atoms with Gasteiger partial charge in [0.2, 0.25) is 0 Å². The summed E-state index contributed by atoms with van der Waals surface area (Å²) in [6, 6.07) is 18.1. The highest BCUT2D eigenvalue weighted by molar-refractivity contribution is 7.93. The largest absolute Gasteiger partial charge is 0.322 e. The standard InChI is InChI=1S/C23H20N4O5S3/c1-16-2-10-20(11-3-16)34(29,30)26-19-6-4-17(5-7-19)22(28)25-18-8-12-21(13-9-18)35(31,32)27-23-24-14-15-33-23/h2-15,26H,1H3,(H,24,27)(H,25,28). The summed E-state index contributed by atoms with van der Waals surface area (Å²) < 4.78 is 54.7. The summed E-state index contributed by atoms with van der Waals surface area (Å²) in [7, 11) is -7.55.